The lowest BCUT2D eigenvalue weighted by Crippen LogP contribution is -1.96. The summed E-state index contributed by atoms with van der Waals surface area (Å²) in [5.74, 6) is 0. The first-order valence-corrected chi connectivity index (χ1v) is 6.82. The van der Waals surface area contributed by atoms with E-state index in [9.17, 15) is 13.2 Å². The number of carbonyl (C=O) groups is 1. The fraction of sp³-hybridized carbons (Fsp3) is 0. The Hall–Kier alpha value is -2.18. The molecule has 0 bridgehead atoms. The van der Waals surface area contributed by atoms with Crippen molar-refractivity contribution in [3.8, 4) is 0 Å². The van der Waals surface area contributed by atoms with Gasteiger partial charge in [0, 0.05) is 22.4 Å². The summed E-state index contributed by atoms with van der Waals surface area (Å²) in [6, 6.07) is 9.01. The Morgan fingerprint density at radius 3 is 2.47 bits per heavy atom. The maximum Gasteiger partial charge on any atom is 0.294 e. The Bertz CT molecular complexity index is 905. The highest BCUT2D eigenvalue weighted by Crippen LogP contribution is 2.30. The summed E-state index contributed by atoms with van der Waals surface area (Å²) in [5, 5.41) is 1.41. The van der Waals surface area contributed by atoms with Crippen molar-refractivity contribution in [2.75, 3.05) is 0 Å². The first-order valence-electron chi connectivity index (χ1n) is 5.38. The molecule has 0 fully saturated rings. The molecule has 3 aromatic rings. The third-order valence-corrected chi connectivity index (χ3v) is 3.75. The van der Waals surface area contributed by atoms with Crippen molar-refractivity contribution in [1.82, 2.24) is 0 Å². The smallest absolute Gasteiger partial charge is 0.294 e. The molecule has 0 amide bonds. The van der Waals surface area contributed by atoms with E-state index in [1.807, 2.05) is 0 Å². The number of rotatable bonds is 2. The van der Waals surface area contributed by atoms with Gasteiger partial charge in [0.1, 0.15) is 17.5 Å². The lowest BCUT2D eigenvalue weighted by Gasteiger charge is -1.95. The van der Waals surface area contributed by atoms with Crippen molar-refractivity contribution in [1.29, 1.82) is 0 Å². The molecule has 0 aliphatic heterocycles. The van der Waals surface area contributed by atoms with Gasteiger partial charge >= 0.3 is 0 Å². The van der Waals surface area contributed by atoms with E-state index in [2.05, 4.69) is 0 Å². The molecule has 0 saturated heterocycles. The number of hydrogen-bond donors (Lipinski definition) is 1. The highest BCUT2D eigenvalue weighted by atomic mass is 32.2. The zero-order valence-corrected chi connectivity index (χ0v) is 10.3. The summed E-state index contributed by atoms with van der Waals surface area (Å²) >= 11 is 0. The van der Waals surface area contributed by atoms with E-state index in [-0.39, 0.29) is 4.90 Å². The van der Waals surface area contributed by atoms with Gasteiger partial charge in [-0.25, -0.2) is 0 Å². The van der Waals surface area contributed by atoms with E-state index in [1.54, 1.807) is 24.3 Å². The predicted octanol–water partition coefficient (Wildman–Crippen LogP) is 2.65. The Labute approximate surface area is 108 Å². The van der Waals surface area contributed by atoms with E-state index in [1.165, 1.54) is 12.1 Å². The van der Waals surface area contributed by atoms with Gasteiger partial charge in [0.25, 0.3) is 10.1 Å². The van der Waals surface area contributed by atoms with Gasteiger partial charge in [0.05, 0.1) is 4.90 Å². The van der Waals surface area contributed by atoms with Gasteiger partial charge in [-0.3, -0.25) is 9.35 Å². The lowest BCUT2D eigenvalue weighted by molar-refractivity contribution is 0.112. The molecule has 19 heavy (non-hydrogen) atoms. The van der Waals surface area contributed by atoms with Gasteiger partial charge in [-0.2, -0.15) is 8.42 Å². The number of aldehydes is 1. The molecule has 5 nitrogen and oxygen atoms in total. The van der Waals surface area contributed by atoms with Crippen molar-refractivity contribution in [3.63, 3.8) is 0 Å². The third kappa shape index (κ3) is 1.91. The molecule has 1 aromatic heterocycles. The van der Waals surface area contributed by atoms with Crippen LogP contribution in [0.4, 0.5) is 0 Å². The van der Waals surface area contributed by atoms with Crippen molar-refractivity contribution in [2.24, 2.45) is 0 Å². The van der Waals surface area contributed by atoms with E-state index in [4.69, 9.17) is 8.97 Å². The fourth-order valence-corrected chi connectivity index (χ4v) is 2.50. The van der Waals surface area contributed by atoms with Gasteiger partial charge in [-0.05, 0) is 30.3 Å². The van der Waals surface area contributed by atoms with Gasteiger partial charge in [0.15, 0.2) is 0 Å². The minimum atomic E-state index is -4.26. The summed E-state index contributed by atoms with van der Waals surface area (Å²) < 4.78 is 36.6. The molecular formula is C13H8O5S. The molecule has 96 valence electrons. The van der Waals surface area contributed by atoms with Crippen molar-refractivity contribution in [2.45, 2.75) is 4.90 Å². The molecule has 0 atom stereocenters. The van der Waals surface area contributed by atoms with Crippen LogP contribution in [0.25, 0.3) is 21.9 Å². The molecule has 0 unspecified atom stereocenters. The van der Waals surface area contributed by atoms with E-state index >= 15 is 0 Å². The highest BCUT2D eigenvalue weighted by Gasteiger charge is 2.13. The van der Waals surface area contributed by atoms with Gasteiger partial charge in [-0.15, -0.1) is 0 Å². The number of fused-ring (bicyclic) bond motifs is 3. The van der Waals surface area contributed by atoms with Crippen LogP contribution in [-0.2, 0) is 10.1 Å². The van der Waals surface area contributed by atoms with E-state index in [0.717, 1.165) is 11.7 Å². The Morgan fingerprint density at radius 1 is 1.00 bits per heavy atom. The highest BCUT2D eigenvalue weighted by molar-refractivity contribution is 7.85. The number of furan rings is 1. The maximum absolute atomic E-state index is 11.1. The zero-order chi connectivity index (χ0) is 13.6. The molecule has 0 saturated carbocycles. The molecule has 0 aliphatic carbocycles. The van der Waals surface area contributed by atoms with Crippen LogP contribution in [0.15, 0.2) is 45.7 Å². The average Bonchev–Trinajstić information content (AvgIpc) is 2.74. The summed E-state index contributed by atoms with van der Waals surface area (Å²) in [7, 11) is -4.26. The van der Waals surface area contributed by atoms with Gasteiger partial charge in [-0.1, -0.05) is 0 Å². The molecule has 2 aromatic carbocycles. The quantitative estimate of drug-likeness (QED) is 0.574. The SMILES string of the molecule is O=Cc1ccc2oc3cc(S(=O)(=O)O)ccc3c2c1. The van der Waals surface area contributed by atoms with Crippen LogP contribution in [0.1, 0.15) is 10.4 Å². The molecule has 3 rings (SSSR count). The van der Waals surface area contributed by atoms with E-state index < -0.39 is 10.1 Å². The number of carbonyl (C=O) groups excluding carboxylic acids is 1. The maximum atomic E-state index is 11.1. The largest absolute Gasteiger partial charge is 0.456 e. The predicted molar refractivity (Wildman–Crippen MR) is 68.9 cm³/mol. The minimum absolute atomic E-state index is 0.227. The summed E-state index contributed by atoms with van der Waals surface area (Å²) in [6.07, 6.45) is 0.727. The van der Waals surface area contributed by atoms with Crippen LogP contribution in [0.5, 0.6) is 0 Å². The molecule has 1 heterocycles. The Morgan fingerprint density at radius 2 is 1.79 bits per heavy atom. The third-order valence-electron chi connectivity index (χ3n) is 2.90. The number of benzene rings is 2. The fourth-order valence-electron chi connectivity index (χ4n) is 2.01. The van der Waals surface area contributed by atoms with Gasteiger partial charge in [0.2, 0.25) is 0 Å². The standard InChI is InChI=1S/C13H8O5S/c14-7-8-1-4-12-11(5-8)10-3-2-9(19(15,16)17)6-13(10)18-12/h1-7H,(H,15,16,17). The van der Waals surface area contributed by atoms with Crippen LogP contribution in [0.2, 0.25) is 0 Å². The lowest BCUT2D eigenvalue weighted by atomic mass is 10.1. The molecular weight excluding hydrogens is 268 g/mol. The topological polar surface area (TPSA) is 84.6 Å². The Kier molecular flexibility index (Phi) is 2.44. The van der Waals surface area contributed by atoms with Crippen LogP contribution < -0.4 is 0 Å². The first kappa shape index (κ1) is 11.9. The average molecular weight is 276 g/mol. The first-order chi connectivity index (χ1) is 8.99. The van der Waals surface area contributed by atoms with Crippen LogP contribution >= 0.6 is 0 Å². The summed E-state index contributed by atoms with van der Waals surface area (Å²) in [6.45, 7) is 0. The van der Waals surface area contributed by atoms with E-state index in [0.29, 0.717) is 22.1 Å². The van der Waals surface area contributed by atoms with Crippen LogP contribution in [-0.4, -0.2) is 19.3 Å². The molecule has 1 N–H and O–H groups in total. The zero-order valence-electron chi connectivity index (χ0n) is 9.53. The van der Waals surface area contributed by atoms with Gasteiger partial charge < -0.3 is 4.42 Å². The van der Waals surface area contributed by atoms with Crippen LogP contribution in [0.3, 0.4) is 0 Å². The molecule has 0 spiro atoms. The second kappa shape index (κ2) is 3.91. The van der Waals surface area contributed by atoms with Crippen molar-refractivity contribution >= 4 is 38.3 Å². The summed E-state index contributed by atoms with van der Waals surface area (Å²) in [4.78, 5) is 10.5. The minimum Gasteiger partial charge on any atom is -0.456 e. The number of hydrogen-bond acceptors (Lipinski definition) is 4. The van der Waals surface area contributed by atoms with Crippen molar-refractivity contribution in [3.05, 3.63) is 42.0 Å². The molecule has 0 aliphatic rings. The summed E-state index contributed by atoms with van der Waals surface area (Å²) in [5.41, 5.74) is 1.40. The normalized spacial score (nSPS) is 12.1. The second-order valence-corrected chi connectivity index (χ2v) is 5.53. The van der Waals surface area contributed by atoms with Crippen molar-refractivity contribution < 1.29 is 22.2 Å². The Balaban J connectivity index is 2.38. The monoisotopic (exact) mass is 276 g/mol. The van der Waals surface area contributed by atoms with Crippen LogP contribution in [0, 0.1) is 0 Å². The molecule has 0 radical (unpaired) electrons. The second-order valence-electron chi connectivity index (χ2n) is 4.11. The molecule has 6 heteroatoms.